The average Bonchev–Trinajstić information content (AvgIpc) is 2.42. The molecule has 0 radical (unpaired) electrons. The Hall–Kier alpha value is -1.03. The number of aryl methyl sites for hydroxylation is 1. The van der Waals surface area contributed by atoms with Gasteiger partial charge in [-0.3, -0.25) is 4.98 Å². The number of anilines is 1. The summed E-state index contributed by atoms with van der Waals surface area (Å²) in [6.07, 6.45) is 0.807. The minimum atomic E-state index is 0.566. The molecule has 2 heterocycles. The van der Waals surface area contributed by atoms with Crippen LogP contribution in [0, 0.1) is 6.92 Å². The third-order valence-electron chi connectivity index (χ3n) is 3.50. The number of halogens is 2. The van der Waals surface area contributed by atoms with Gasteiger partial charge >= 0.3 is 0 Å². The molecule has 0 unspecified atom stereocenters. The van der Waals surface area contributed by atoms with Gasteiger partial charge in [-0.05, 0) is 18.6 Å². The summed E-state index contributed by atoms with van der Waals surface area (Å²) >= 11 is 12.8. The van der Waals surface area contributed by atoms with Crippen LogP contribution in [0.2, 0.25) is 10.0 Å². The maximum atomic E-state index is 6.44. The standard InChI is InChI=1S/C14H14Cl2N2O/c1-7-5-9(15)14-11(12(7)16)13(17-2)8-6-19-4-3-10(8)18-14/h5H,3-4,6H2,1-2H3,(H,17,18). The van der Waals surface area contributed by atoms with Gasteiger partial charge in [0.25, 0.3) is 0 Å². The third kappa shape index (κ3) is 1.97. The summed E-state index contributed by atoms with van der Waals surface area (Å²) in [7, 11) is 1.89. The molecule has 0 saturated heterocycles. The number of rotatable bonds is 1. The fourth-order valence-corrected chi connectivity index (χ4v) is 3.10. The van der Waals surface area contributed by atoms with Crippen LogP contribution in [-0.2, 0) is 17.8 Å². The molecule has 0 saturated carbocycles. The maximum absolute atomic E-state index is 6.44. The van der Waals surface area contributed by atoms with Crippen molar-refractivity contribution in [3.8, 4) is 0 Å². The van der Waals surface area contributed by atoms with Gasteiger partial charge in [-0.15, -0.1) is 0 Å². The molecule has 1 N–H and O–H groups in total. The molecule has 5 heteroatoms. The van der Waals surface area contributed by atoms with Gasteiger partial charge in [-0.2, -0.15) is 0 Å². The lowest BCUT2D eigenvalue weighted by Gasteiger charge is -2.22. The van der Waals surface area contributed by atoms with Crippen molar-refractivity contribution in [2.24, 2.45) is 0 Å². The highest BCUT2D eigenvalue weighted by atomic mass is 35.5. The normalized spacial score (nSPS) is 14.5. The van der Waals surface area contributed by atoms with Crippen LogP contribution in [0.4, 0.5) is 5.69 Å². The van der Waals surface area contributed by atoms with Crippen molar-refractivity contribution in [3.05, 3.63) is 32.9 Å². The largest absolute Gasteiger partial charge is 0.387 e. The minimum Gasteiger partial charge on any atom is -0.387 e. The van der Waals surface area contributed by atoms with E-state index in [2.05, 4.69) is 10.3 Å². The van der Waals surface area contributed by atoms with E-state index in [0.29, 0.717) is 23.3 Å². The van der Waals surface area contributed by atoms with E-state index in [1.165, 1.54) is 0 Å². The Balaban J connectivity index is 2.47. The summed E-state index contributed by atoms with van der Waals surface area (Å²) in [5.41, 5.74) is 4.83. The quantitative estimate of drug-likeness (QED) is 0.865. The fraction of sp³-hybridized carbons (Fsp3) is 0.357. The smallest absolute Gasteiger partial charge is 0.0927 e. The van der Waals surface area contributed by atoms with Crippen LogP contribution in [-0.4, -0.2) is 18.6 Å². The molecule has 19 heavy (non-hydrogen) atoms. The first kappa shape index (κ1) is 13.0. The van der Waals surface area contributed by atoms with Crippen LogP contribution >= 0.6 is 23.2 Å². The first-order valence-electron chi connectivity index (χ1n) is 6.19. The van der Waals surface area contributed by atoms with Crippen molar-refractivity contribution in [1.29, 1.82) is 0 Å². The number of nitrogens with zero attached hydrogens (tertiary/aromatic N) is 1. The second-order valence-corrected chi connectivity index (χ2v) is 5.46. The second-order valence-electron chi connectivity index (χ2n) is 4.68. The van der Waals surface area contributed by atoms with E-state index in [9.17, 15) is 0 Å². The monoisotopic (exact) mass is 296 g/mol. The van der Waals surface area contributed by atoms with E-state index in [1.54, 1.807) is 0 Å². The molecule has 0 amide bonds. The van der Waals surface area contributed by atoms with Crippen LogP contribution in [0.15, 0.2) is 6.07 Å². The molecule has 3 rings (SSSR count). The number of benzene rings is 1. The van der Waals surface area contributed by atoms with E-state index in [0.717, 1.165) is 39.8 Å². The zero-order chi connectivity index (χ0) is 13.6. The summed E-state index contributed by atoms with van der Waals surface area (Å²) in [5, 5.41) is 5.46. The zero-order valence-electron chi connectivity index (χ0n) is 10.8. The molecule has 1 aliphatic heterocycles. The van der Waals surface area contributed by atoms with Gasteiger partial charge in [0.05, 0.1) is 40.2 Å². The number of nitrogens with one attached hydrogen (secondary N) is 1. The minimum absolute atomic E-state index is 0.566. The molecule has 0 bridgehead atoms. The maximum Gasteiger partial charge on any atom is 0.0927 e. The van der Waals surface area contributed by atoms with E-state index in [4.69, 9.17) is 27.9 Å². The van der Waals surface area contributed by atoms with Crippen molar-refractivity contribution in [2.75, 3.05) is 19.0 Å². The first-order valence-corrected chi connectivity index (χ1v) is 6.94. The summed E-state index contributed by atoms with van der Waals surface area (Å²) in [5.74, 6) is 0. The van der Waals surface area contributed by atoms with E-state index in [1.807, 2.05) is 20.0 Å². The molecule has 0 aliphatic carbocycles. The molecule has 3 nitrogen and oxygen atoms in total. The van der Waals surface area contributed by atoms with Crippen LogP contribution in [0.3, 0.4) is 0 Å². The second kappa shape index (κ2) is 4.82. The van der Waals surface area contributed by atoms with E-state index in [-0.39, 0.29) is 0 Å². The van der Waals surface area contributed by atoms with Crippen molar-refractivity contribution >= 4 is 39.8 Å². The lowest BCUT2D eigenvalue weighted by Crippen LogP contribution is -2.14. The predicted molar refractivity (Wildman–Crippen MR) is 79.4 cm³/mol. The van der Waals surface area contributed by atoms with E-state index >= 15 is 0 Å². The van der Waals surface area contributed by atoms with Crippen molar-refractivity contribution < 1.29 is 4.74 Å². The topological polar surface area (TPSA) is 34.2 Å². The summed E-state index contributed by atoms with van der Waals surface area (Å²) < 4.78 is 5.53. The van der Waals surface area contributed by atoms with Gasteiger partial charge < -0.3 is 10.1 Å². The number of hydrogen-bond donors (Lipinski definition) is 1. The van der Waals surface area contributed by atoms with Crippen LogP contribution in [0.1, 0.15) is 16.8 Å². The summed E-state index contributed by atoms with van der Waals surface area (Å²) in [6.45, 7) is 3.21. The Labute approximate surface area is 121 Å². The number of aromatic nitrogens is 1. The zero-order valence-corrected chi connectivity index (χ0v) is 12.3. The lowest BCUT2D eigenvalue weighted by molar-refractivity contribution is 0.110. The molecule has 1 aliphatic rings. The molecule has 1 aromatic carbocycles. The Kier molecular flexibility index (Phi) is 3.29. The first-order chi connectivity index (χ1) is 9.13. The Morgan fingerprint density at radius 2 is 2.16 bits per heavy atom. The molecule has 0 atom stereocenters. The van der Waals surface area contributed by atoms with Crippen LogP contribution < -0.4 is 5.32 Å². The highest BCUT2D eigenvalue weighted by Crippen LogP contribution is 2.40. The molecule has 0 spiro atoms. The third-order valence-corrected chi connectivity index (χ3v) is 4.27. The molecule has 0 fully saturated rings. The molecule has 100 valence electrons. The number of ether oxygens (including phenoxy) is 1. The summed E-state index contributed by atoms with van der Waals surface area (Å²) in [6, 6.07) is 1.87. The summed E-state index contributed by atoms with van der Waals surface area (Å²) in [4.78, 5) is 4.69. The highest BCUT2D eigenvalue weighted by molar-refractivity contribution is 6.41. The average molecular weight is 297 g/mol. The van der Waals surface area contributed by atoms with Crippen molar-refractivity contribution in [1.82, 2.24) is 4.98 Å². The molecule has 1 aromatic heterocycles. The highest BCUT2D eigenvalue weighted by Gasteiger charge is 2.21. The molecular weight excluding hydrogens is 283 g/mol. The van der Waals surface area contributed by atoms with Crippen LogP contribution in [0.5, 0.6) is 0 Å². The Morgan fingerprint density at radius 3 is 2.89 bits per heavy atom. The molecular formula is C14H14Cl2N2O. The van der Waals surface area contributed by atoms with Gasteiger partial charge in [-0.1, -0.05) is 23.2 Å². The van der Waals surface area contributed by atoms with Gasteiger partial charge in [0.1, 0.15) is 0 Å². The number of pyridine rings is 1. The SMILES string of the molecule is CNc1c2c(nc3c(Cl)cc(C)c(Cl)c13)CCOC2. The fourth-order valence-electron chi connectivity index (χ4n) is 2.56. The van der Waals surface area contributed by atoms with Gasteiger partial charge in [-0.25, -0.2) is 0 Å². The Bertz CT molecular complexity index is 671. The predicted octanol–water partition coefficient (Wildman–Crippen LogP) is 3.96. The number of hydrogen-bond acceptors (Lipinski definition) is 3. The van der Waals surface area contributed by atoms with E-state index < -0.39 is 0 Å². The molecule has 2 aromatic rings. The van der Waals surface area contributed by atoms with Crippen molar-refractivity contribution in [2.45, 2.75) is 20.0 Å². The van der Waals surface area contributed by atoms with Gasteiger partial charge in [0.15, 0.2) is 0 Å². The van der Waals surface area contributed by atoms with Gasteiger partial charge in [0, 0.05) is 24.4 Å². The Morgan fingerprint density at radius 1 is 1.37 bits per heavy atom. The lowest BCUT2D eigenvalue weighted by atomic mass is 10.0. The van der Waals surface area contributed by atoms with Crippen LogP contribution in [0.25, 0.3) is 10.9 Å². The van der Waals surface area contributed by atoms with Gasteiger partial charge in [0.2, 0.25) is 0 Å². The number of fused-ring (bicyclic) bond motifs is 2. The van der Waals surface area contributed by atoms with Crippen molar-refractivity contribution in [3.63, 3.8) is 0 Å².